The SMILES string of the molecule is C[C@@H](O[Si](C)(C)C(C)(C)C)[C@H]1C(=O)N2C1SC(=S)S[C@@H]2C(=O)O. The molecule has 0 aromatic rings. The molecule has 5 nitrogen and oxygen atoms in total. The lowest BCUT2D eigenvalue weighted by atomic mass is 9.93. The van der Waals surface area contributed by atoms with Crippen molar-refractivity contribution in [3.05, 3.63) is 0 Å². The fraction of sp³-hybridized carbons (Fsp3) is 0.786. The number of thioether (sulfide) groups is 2. The number of hydrogen-bond donors (Lipinski definition) is 1. The van der Waals surface area contributed by atoms with E-state index in [1.165, 1.54) is 16.7 Å². The Balaban J connectivity index is 2.15. The highest BCUT2D eigenvalue weighted by Gasteiger charge is 2.59. The first-order chi connectivity index (χ1) is 10.4. The molecule has 130 valence electrons. The van der Waals surface area contributed by atoms with Crippen LogP contribution in [0.4, 0.5) is 0 Å². The summed E-state index contributed by atoms with van der Waals surface area (Å²) < 4.78 is 6.92. The van der Waals surface area contributed by atoms with Crippen LogP contribution in [-0.2, 0) is 14.0 Å². The largest absolute Gasteiger partial charge is 0.479 e. The number of amides is 1. The molecule has 0 aromatic heterocycles. The highest BCUT2D eigenvalue weighted by Crippen LogP contribution is 2.49. The lowest BCUT2D eigenvalue weighted by Crippen LogP contribution is -2.69. The van der Waals surface area contributed by atoms with Crippen LogP contribution in [0.1, 0.15) is 27.7 Å². The second kappa shape index (κ2) is 6.33. The van der Waals surface area contributed by atoms with Crippen LogP contribution in [0.5, 0.6) is 0 Å². The number of carbonyl (C=O) groups is 2. The lowest BCUT2D eigenvalue weighted by Gasteiger charge is -2.54. The molecule has 9 heteroatoms. The summed E-state index contributed by atoms with van der Waals surface area (Å²) in [6.07, 6.45) is -0.238. The maximum absolute atomic E-state index is 12.5. The second-order valence-electron chi connectivity index (χ2n) is 7.42. The van der Waals surface area contributed by atoms with E-state index in [4.69, 9.17) is 16.6 Å². The average Bonchev–Trinajstić information content (AvgIpc) is 2.35. The van der Waals surface area contributed by atoms with Gasteiger partial charge in [0, 0.05) is 0 Å². The standard InChI is InChI=1S/C14H23NO4S3Si/c1-7(19-23(5,6)14(2,3)4)8-9(16)15-10(8)21-13(20)22-11(15)12(17)18/h7-8,10-11H,1-6H3,(H,17,18)/t7-,8+,10?,11-/m1/s1. The Morgan fingerprint density at radius 3 is 2.43 bits per heavy atom. The van der Waals surface area contributed by atoms with E-state index in [2.05, 4.69) is 33.9 Å². The van der Waals surface area contributed by atoms with Crippen molar-refractivity contribution in [2.75, 3.05) is 0 Å². The number of nitrogens with zero attached hydrogens (tertiary/aromatic N) is 1. The Morgan fingerprint density at radius 1 is 1.39 bits per heavy atom. The molecule has 0 spiro atoms. The molecule has 0 bridgehead atoms. The van der Waals surface area contributed by atoms with Crippen molar-refractivity contribution in [1.82, 2.24) is 4.90 Å². The highest BCUT2D eigenvalue weighted by atomic mass is 32.2. The Kier molecular flexibility index (Phi) is 5.29. The van der Waals surface area contributed by atoms with E-state index < -0.39 is 19.7 Å². The monoisotopic (exact) mass is 393 g/mol. The average molecular weight is 394 g/mol. The molecule has 2 aliphatic rings. The van der Waals surface area contributed by atoms with Gasteiger partial charge in [-0.25, -0.2) is 4.79 Å². The van der Waals surface area contributed by atoms with E-state index in [1.807, 2.05) is 6.92 Å². The van der Waals surface area contributed by atoms with Crippen molar-refractivity contribution in [3.63, 3.8) is 0 Å². The zero-order valence-electron chi connectivity index (χ0n) is 14.2. The molecule has 0 aliphatic carbocycles. The molecule has 1 N–H and O–H groups in total. The van der Waals surface area contributed by atoms with E-state index >= 15 is 0 Å². The number of hydrogen-bond acceptors (Lipinski definition) is 6. The number of carboxylic acid groups (broad SMARTS) is 1. The normalized spacial score (nSPS) is 29.8. The van der Waals surface area contributed by atoms with E-state index in [-0.39, 0.29) is 28.3 Å². The minimum Gasteiger partial charge on any atom is -0.479 e. The lowest BCUT2D eigenvalue weighted by molar-refractivity contribution is -0.164. The summed E-state index contributed by atoms with van der Waals surface area (Å²) in [7, 11) is -1.99. The summed E-state index contributed by atoms with van der Waals surface area (Å²) in [5, 5.41) is 8.23. The van der Waals surface area contributed by atoms with Gasteiger partial charge in [0.2, 0.25) is 5.91 Å². The summed E-state index contributed by atoms with van der Waals surface area (Å²) in [5.74, 6) is -1.49. The van der Waals surface area contributed by atoms with Gasteiger partial charge in [0.25, 0.3) is 0 Å². The van der Waals surface area contributed by atoms with Crippen molar-refractivity contribution in [2.45, 2.75) is 62.7 Å². The van der Waals surface area contributed by atoms with Gasteiger partial charge in [0.1, 0.15) is 3.53 Å². The number of fused-ring (bicyclic) bond motifs is 1. The topological polar surface area (TPSA) is 66.8 Å². The second-order valence-corrected chi connectivity index (χ2v) is 15.6. The van der Waals surface area contributed by atoms with Crippen LogP contribution in [-0.4, -0.2) is 50.6 Å². The minimum atomic E-state index is -1.99. The van der Waals surface area contributed by atoms with E-state index in [0.29, 0.717) is 3.53 Å². The van der Waals surface area contributed by atoms with Crippen LogP contribution >= 0.6 is 35.7 Å². The number of thiocarbonyl (C=S) groups is 1. The summed E-state index contributed by atoms with van der Waals surface area (Å²) in [6, 6.07) is 0. The smallest absolute Gasteiger partial charge is 0.337 e. The summed E-state index contributed by atoms with van der Waals surface area (Å²) in [6.45, 7) is 12.7. The van der Waals surface area contributed by atoms with Gasteiger partial charge in [-0.3, -0.25) is 4.79 Å². The van der Waals surface area contributed by atoms with Crippen molar-refractivity contribution in [1.29, 1.82) is 0 Å². The number of carboxylic acids is 1. The van der Waals surface area contributed by atoms with E-state index in [9.17, 15) is 14.7 Å². The number of rotatable bonds is 4. The Hall–Kier alpha value is -0.0931. The molecule has 2 saturated heterocycles. The maximum atomic E-state index is 12.5. The third-order valence-corrected chi connectivity index (χ3v) is 12.3. The van der Waals surface area contributed by atoms with Gasteiger partial charge >= 0.3 is 5.97 Å². The van der Waals surface area contributed by atoms with Gasteiger partial charge in [-0.1, -0.05) is 56.5 Å². The van der Waals surface area contributed by atoms with Crippen LogP contribution in [0.2, 0.25) is 18.1 Å². The molecule has 2 aliphatic heterocycles. The Morgan fingerprint density at radius 2 is 1.96 bits per heavy atom. The van der Waals surface area contributed by atoms with Gasteiger partial charge < -0.3 is 14.4 Å². The molecule has 1 unspecified atom stereocenters. The van der Waals surface area contributed by atoms with Gasteiger partial charge in [0.15, 0.2) is 13.7 Å². The van der Waals surface area contributed by atoms with E-state index in [1.54, 1.807) is 0 Å². The first-order valence-electron chi connectivity index (χ1n) is 7.47. The molecule has 2 heterocycles. The number of carbonyl (C=O) groups excluding carboxylic acids is 1. The quantitative estimate of drug-likeness (QED) is 0.446. The molecular formula is C14H23NO4S3Si. The highest BCUT2D eigenvalue weighted by molar-refractivity contribution is 8.48. The first kappa shape index (κ1) is 19.2. The van der Waals surface area contributed by atoms with Gasteiger partial charge in [-0.2, -0.15) is 0 Å². The molecule has 23 heavy (non-hydrogen) atoms. The Bertz CT molecular complexity index is 549. The van der Waals surface area contributed by atoms with Crippen molar-refractivity contribution < 1.29 is 19.1 Å². The third-order valence-electron chi connectivity index (χ3n) is 4.80. The molecule has 0 radical (unpaired) electrons. The fourth-order valence-electron chi connectivity index (χ4n) is 2.48. The summed E-state index contributed by atoms with van der Waals surface area (Å²) >= 11 is 7.67. The minimum absolute atomic E-state index is 0.0577. The molecular weight excluding hydrogens is 370 g/mol. The summed E-state index contributed by atoms with van der Waals surface area (Å²) in [5.41, 5.74) is 0. The van der Waals surface area contributed by atoms with Crippen molar-refractivity contribution in [3.8, 4) is 0 Å². The van der Waals surface area contributed by atoms with Crippen LogP contribution in [0.3, 0.4) is 0 Å². The third kappa shape index (κ3) is 3.49. The maximum Gasteiger partial charge on any atom is 0.337 e. The molecule has 2 rings (SSSR count). The van der Waals surface area contributed by atoms with Gasteiger partial charge in [-0.05, 0) is 25.1 Å². The molecule has 0 aromatic carbocycles. The summed E-state index contributed by atoms with van der Waals surface area (Å²) in [4.78, 5) is 25.3. The predicted octanol–water partition coefficient (Wildman–Crippen LogP) is 3.36. The van der Waals surface area contributed by atoms with E-state index in [0.717, 1.165) is 11.8 Å². The van der Waals surface area contributed by atoms with Crippen LogP contribution in [0.15, 0.2) is 0 Å². The molecule has 1 amide bonds. The molecule has 4 atom stereocenters. The number of β-lactam (4-membered cyclic amide) rings is 1. The number of aliphatic carboxylic acids is 1. The van der Waals surface area contributed by atoms with Crippen LogP contribution in [0.25, 0.3) is 0 Å². The Labute approximate surface area is 152 Å². The molecule has 0 saturated carbocycles. The predicted molar refractivity (Wildman–Crippen MR) is 101 cm³/mol. The molecule has 2 fully saturated rings. The zero-order chi connectivity index (χ0) is 17.7. The zero-order valence-corrected chi connectivity index (χ0v) is 17.6. The first-order valence-corrected chi connectivity index (χ1v) is 12.5. The fourth-order valence-corrected chi connectivity index (χ4v) is 7.00. The van der Waals surface area contributed by atoms with Crippen molar-refractivity contribution >= 4 is 59.5 Å². The van der Waals surface area contributed by atoms with Crippen LogP contribution < -0.4 is 0 Å². The van der Waals surface area contributed by atoms with Crippen molar-refractivity contribution in [2.24, 2.45) is 5.92 Å². The van der Waals surface area contributed by atoms with Gasteiger partial charge in [0.05, 0.1) is 17.4 Å². The van der Waals surface area contributed by atoms with Gasteiger partial charge in [-0.15, -0.1) is 0 Å². The van der Waals surface area contributed by atoms with Crippen LogP contribution in [0, 0.1) is 5.92 Å².